The molecule has 0 aliphatic carbocycles. The van der Waals surface area contributed by atoms with Gasteiger partial charge >= 0.3 is 11.9 Å². The molecule has 0 saturated carbocycles. The van der Waals surface area contributed by atoms with Crippen LogP contribution in [-0.4, -0.2) is 62.6 Å². The maximum absolute atomic E-state index is 13.9. The summed E-state index contributed by atoms with van der Waals surface area (Å²) in [6, 6.07) is 13.2. The van der Waals surface area contributed by atoms with Gasteiger partial charge in [0, 0.05) is 24.9 Å². The van der Waals surface area contributed by atoms with Gasteiger partial charge in [-0.15, -0.1) is 11.8 Å². The van der Waals surface area contributed by atoms with Crippen LogP contribution in [0.3, 0.4) is 0 Å². The number of unbranched alkanes of at least 4 members (excludes halogenated alkanes) is 1. The van der Waals surface area contributed by atoms with Crippen molar-refractivity contribution in [3.8, 4) is 0 Å². The number of likely N-dealkylation sites (N-methyl/N-ethyl adjacent to an activating group) is 1. The van der Waals surface area contributed by atoms with Crippen LogP contribution in [0, 0.1) is 6.92 Å². The molecular formula is C27H34N2O5S. The van der Waals surface area contributed by atoms with Crippen molar-refractivity contribution in [1.82, 2.24) is 4.90 Å². The van der Waals surface area contributed by atoms with E-state index in [1.165, 1.54) is 18.7 Å². The number of hydrogen-bond donors (Lipinski definition) is 0. The van der Waals surface area contributed by atoms with Crippen molar-refractivity contribution >= 4 is 35.3 Å². The largest absolute Gasteiger partial charge is 0.462 e. The highest BCUT2D eigenvalue weighted by atomic mass is 32.2. The van der Waals surface area contributed by atoms with Gasteiger partial charge in [-0.1, -0.05) is 43.2 Å². The summed E-state index contributed by atoms with van der Waals surface area (Å²) in [5, 5.41) is -0.433. The Morgan fingerprint density at radius 3 is 2.46 bits per heavy atom. The molecule has 188 valence electrons. The van der Waals surface area contributed by atoms with Gasteiger partial charge in [0.2, 0.25) is 0 Å². The van der Waals surface area contributed by atoms with E-state index in [2.05, 4.69) is 0 Å². The number of anilines is 1. The minimum Gasteiger partial charge on any atom is -0.462 e. The van der Waals surface area contributed by atoms with E-state index in [9.17, 15) is 14.4 Å². The number of nitrogens with zero attached hydrogens (tertiary/aromatic N) is 2. The van der Waals surface area contributed by atoms with E-state index in [1.54, 1.807) is 17.0 Å². The monoisotopic (exact) mass is 498 g/mol. The predicted octanol–water partition coefficient (Wildman–Crippen LogP) is 4.63. The van der Waals surface area contributed by atoms with Crippen molar-refractivity contribution in [2.75, 3.05) is 38.7 Å². The van der Waals surface area contributed by atoms with E-state index in [0.29, 0.717) is 30.9 Å². The van der Waals surface area contributed by atoms with Crippen LogP contribution in [0.5, 0.6) is 0 Å². The van der Waals surface area contributed by atoms with Gasteiger partial charge in [0.1, 0.15) is 0 Å². The van der Waals surface area contributed by atoms with E-state index in [-0.39, 0.29) is 5.91 Å². The maximum Gasteiger partial charge on any atom is 0.338 e. The van der Waals surface area contributed by atoms with Crippen LogP contribution in [0.25, 0.3) is 0 Å². The molecule has 1 aliphatic rings. The fraction of sp³-hybridized carbons (Fsp3) is 0.444. The second-order valence-corrected chi connectivity index (χ2v) is 10.1. The normalized spacial score (nSPS) is 17.7. The molecule has 1 aliphatic heterocycles. The van der Waals surface area contributed by atoms with Gasteiger partial charge in [0.15, 0.2) is 6.10 Å². The number of thioether (sulfide) groups is 1. The highest BCUT2D eigenvalue weighted by Gasteiger charge is 2.41. The lowest BCUT2D eigenvalue weighted by atomic mass is 10.0. The molecule has 1 heterocycles. The quantitative estimate of drug-likeness (QED) is 0.369. The smallest absolute Gasteiger partial charge is 0.338 e. The van der Waals surface area contributed by atoms with Gasteiger partial charge in [-0.3, -0.25) is 9.59 Å². The zero-order valence-electron chi connectivity index (χ0n) is 21.1. The number of rotatable bonds is 9. The van der Waals surface area contributed by atoms with Gasteiger partial charge in [0.05, 0.1) is 23.1 Å². The molecule has 3 rings (SSSR count). The first-order valence-corrected chi connectivity index (χ1v) is 12.8. The fourth-order valence-corrected chi connectivity index (χ4v) is 5.07. The van der Waals surface area contributed by atoms with Gasteiger partial charge < -0.3 is 19.3 Å². The zero-order chi connectivity index (χ0) is 25.5. The number of amides is 1. The van der Waals surface area contributed by atoms with Crippen molar-refractivity contribution in [2.24, 2.45) is 0 Å². The second-order valence-electron chi connectivity index (χ2n) is 8.94. The maximum atomic E-state index is 13.9. The van der Waals surface area contributed by atoms with Crippen LogP contribution in [0.4, 0.5) is 5.69 Å². The number of aryl methyl sites for hydroxylation is 1. The van der Waals surface area contributed by atoms with Gasteiger partial charge in [-0.2, -0.15) is 0 Å². The minimum absolute atomic E-state index is 0.310. The first-order valence-electron chi connectivity index (χ1n) is 11.9. The Labute approximate surface area is 211 Å². The number of ether oxygens (including phenoxy) is 2. The van der Waals surface area contributed by atoms with E-state index in [1.807, 2.05) is 63.2 Å². The van der Waals surface area contributed by atoms with Gasteiger partial charge in [-0.25, -0.2) is 4.79 Å². The molecule has 0 fully saturated rings. The van der Waals surface area contributed by atoms with Crippen LogP contribution in [0.2, 0.25) is 0 Å². The van der Waals surface area contributed by atoms with Gasteiger partial charge in [0.25, 0.3) is 5.91 Å². The summed E-state index contributed by atoms with van der Waals surface area (Å²) < 4.78 is 11.0. The Balaban J connectivity index is 2.07. The number of esters is 2. The zero-order valence-corrected chi connectivity index (χ0v) is 21.9. The standard InChI is InChI=1S/C27H34N2O5S/c1-6-7-16-33-27(32)21-12-13-23-22(17-21)29(15-14-28(4)5)26(31)24(34-19(3)30)25(35-23)20-10-8-18(2)9-11-20/h8-13,17,24-25H,6-7,14-16H2,1-5H3/t24-,25+/m1/s1. The molecule has 2 aromatic rings. The summed E-state index contributed by atoms with van der Waals surface area (Å²) in [4.78, 5) is 43.1. The molecule has 0 spiro atoms. The average Bonchev–Trinajstić information content (AvgIpc) is 2.92. The Kier molecular flexibility index (Phi) is 9.34. The highest BCUT2D eigenvalue weighted by molar-refractivity contribution is 7.99. The molecule has 7 nitrogen and oxygen atoms in total. The van der Waals surface area contributed by atoms with Crippen molar-refractivity contribution in [1.29, 1.82) is 0 Å². The molecular weight excluding hydrogens is 464 g/mol. The van der Waals surface area contributed by atoms with E-state index in [4.69, 9.17) is 9.47 Å². The molecule has 1 amide bonds. The summed E-state index contributed by atoms with van der Waals surface area (Å²) in [5.41, 5.74) is 3.00. The molecule has 0 N–H and O–H groups in total. The number of benzene rings is 2. The Bertz CT molecular complexity index is 1050. The van der Waals surface area contributed by atoms with Crippen molar-refractivity contribution in [3.63, 3.8) is 0 Å². The third kappa shape index (κ3) is 6.86. The van der Waals surface area contributed by atoms with Crippen molar-refractivity contribution in [3.05, 3.63) is 59.2 Å². The summed E-state index contributed by atoms with van der Waals surface area (Å²) >= 11 is 1.47. The SMILES string of the molecule is CCCCOC(=O)c1ccc2c(c1)N(CCN(C)C)C(=O)[C@H](OC(C)=O)[C@H](c1ccc(C)cc1)S2. The fourth-order valence-electron chi connectivity index (χ4n) is 3.77. The van der Waals surface area contributed by atoms with E-state index < -0.39 is 23.3 Å². The summed E-state index contributed by atoms with van der Waals surface area (Å²) in [6.07, 6.45) is 0.718. The number of carbonyl (C=O) groups is 3. The van der Waals surface area contributed by atoms with Crippen molar-refractivity contribution in [2.45, 2.75) is 49.9 Å². The predicted molar refractivity (Wildman–Crippen MR) is 138 cm³/mol. The summed E-state index contributed by atoms with van der Waals surface area (Å²) in [5.74, 6) is -1.24. The first-order chi connectivity index (χ1) is 16.7. The average molecular weight is 499 g/mol. The second kappa shape index (κ2) is 12.2. The Hall–Kier alpha value is -2.84. The molecule has 2 atom stereocenters. The molecule has 0 saturated heterocycles. The summed E-state index contributed by atoms with van der Waals surface area (Å²) in [7, 11) is 3.86. The third-order valence-corrected chi connectivity index (χ3v) is 7.10. The molecule has 8 heteroatoms. The van der Waals surface area contributed by atoms with Crippen LogP contribution in [-0.2, 0) is 19.1 Å². The topological polar surface area (TPSA) is 76.2 Å². The lowest BCUT2D eigenvalue weighted by Gasteiger charge is -2.28. The van der Waals surface area contributed by atoms with E-state index in [0.717, 1.165) is 28.9 Å². The van der Waals surface area contributed by atoms with E-state index >= 15 is 0 Å². The molecule has 35 heavy (non-hydrogen) atoms. The lowest BCUT2D eigenvalue weighted by Crippen LogP contribution is -2.45. The Morgan fingerprint density at radius 1 is 1.11 bits per heavy atom. The highest BCUT2D eigenvalue weighted by Crippen LogP contribution is 2.47. The molecule has 0 aromatic heterocycles. The lowest BCUT2D eigenvalue weighted by molar-refractivity contribution is -0.152. The number of hydrogen-bond acceptors (Lipinski definition) is 7. The summed E-state index contributed by atoms with van der Waals surface area (Å²) in [6.45, 7) is 6.68. The Morgan fingerprint density at radius 2 is 1.83 bits per heavy atom. The van der Waals surface area contributed by atoms with Crippen LogP contribution in [0.1, 0.15) is 53.4 Å². The molecule has 2 aromatic carbocycles. The van der Waals surface area contributed by atoms with Crippen LogP contribution < -0.4 is 4.90 Å². The molecule has 0 radical (unpaired) electrons. The van der Waals surface area contributed by atoms with Crippen molar-refractivity contribution < 1.29 is 23.9 Å². The van der Waals surface area contributed by atoms with Gasteiger partial charge in [-0.05, 0) is 51.2 Å². The van der Waals surface area contributed by atoms with Crippen LogP contribution in [0.15, 0.2) is 47.4 Å². The minimum atomic E-state index is -1.00. The third-order valence-electron chi connectivity index (χ3n) is 5.72. The molecule has 0 unspecified atom stereocenters. The number of carbonyl (C=O) groups excluding carboxylic acids is 3. The number of fused-ring (bicyclic) bond motifs is 1. The van der Waals surface area contributed by atoms with Crippen LogP contribution >= 0.6 is 11.8 Å². The first kappa shape index (κ1) is 26.8. The molecule has 0 bridgehead atoms.